The van der Waals surface area contributed by atoms with E-state index in [-0.39, 0.29) is 4.91 Å². The van der Waals surface area contributed by atoms with Crippen molar-refractivity contribution in [1.82, 2.24) is 14.8 Å². The summed E-state index contributed by atoms with van der Waals surface area (Å²) in [4.78, 5) is 12.0. The van der Waals surface area contributed by atoms with Gasteiger partial charge < -0.3 is 14.4 Å². The Bertz CT molecular complexity index is 1030. The quantitative estimate of drug-likeness (QED) is 0.341. The van der Waals surface area contributed by atoms with Crippen LogP contribution in [0.2, 0.25) is 5.02 Å². The van der Waals surface area contributed by atoms with Crippen molar-refractivity contribution in [2.24, 2.45) is 0 Å². The second kappa shape index (κ2) is 10.3. The third-order valence-corrected chi connectivity index (χ3v) is 5.45. The van der Waals surface area contributed by atoms with E-state index in [1.807, 2.05) is 54.8 Å². The minimum absolute atomic E-state index is 0.155. The normalized spacial score (nSPS) is 11.5. The first-order chi connectivity index (χ1) is 14.5. The van der Waals surface area contributed by atoms with Crippen LogP contribution in [-0.4, -0.2) is 32.4 Å². The summed E-state index contributed by atoms with van der Waals surface area (Å²) >= 11 is 7.04. The van der Waals surface area contributed by atoms with Crippen LogP contribution in [0, 0.1) is 0 Å². The molecule has 0 spiro atoms. The van der Waals surface area contributed by atoms with Crippen LogP contribution >= 0.6 is 23.4 Å². The molecule has 1 aromatic heterocycles. The molecule has 156 valence electrons. The standard InChI is InChI=1S/C22H22ClN3O3S/c1-3-13-29-18-11-5-15(6-12-18)14-19(21(27)28)30-22-25-24-20(26(22)4-2)16-7-9-17(23)10-8-16/h5-12,14H,3-4,13H2,1-2H3,(H,27,28)/b19-14+. The molecular formula is C22H22ClN3O3S. The van der Waals surface area contributed by atoms with Gasteiger partial charge in [0.15, 0.2) is 11.0 Å². The van der Waals surface area contributed by atoms with E-state index < -0.39 is 5.97 Å². The van der Waals surface area contributed by atoms with E-state index in [1.165, 1.54) is 0 Å². The topological polar surface area (TPSA) is 77.2 Å². The minimum Gasteiger partial charge on any atom is -0.494 e. The van der Waals surface area contributed by atoms with Crippen LogP contribution in [0.25, 0.3) is 17.5 Å². The minimum atomic E-state index is -1.02. The van der Waals surface area contributed by atoms with Crippen LogP contribution in [0.3, 0.4) is 0 Å². The van der Waals surface area contributed by atoms with E-state index in [1.54, 1.807) is 18.2 Å². The summed E-state index contributed by atoms with van der Waals surface area (Å²) in [5.74, 6) is 0.403. The van der Waals surface area contributed by atoms with Crippen molar-refractivity contribution in [2.75, 3.05) is 6.61 Å². The number of aromatic nitrogens is 3. The lowest BCUT2D eigenvalue weighted by atomic mass is 10.2. The lowest BCUT2D eigenvalue weighted by molar-refractivity contribution is -0.131. The molecular weight excluding hydrogens is 422 g/mol. The average Bonchev–Trinajstić information content (AvgIpc) is 3.15. The van der Waals surface area contributed by atoms with E-state index in [0.29, 0.717) is 29.2 Å². The molecule has 0 fully saturated rings. The van der Waals surface area contributed by atoms with Gasteiger partial charge in [-0.2, -0.15) is 0 Å². The van der Waals surface area contributed by atoms with Gasteiger partial charge in [0.2, 0.25) is 0 Å². The van der Waals surface area contributed by atoms with Crippen LogP contribution < -0.4 is 4.74 Å². The number of aliphatic carboxylic acids is 1. The van der Waals surface area contributed by atoms with Crippen LogP contribution in [0.5, 0.6) is 5.75 Å². The van der Waals surface area contributed by atoms with Crippen molar-refractivity contribution in [3.63, 3.8) is 0 Å². The number of nitrogens with zero attached hydrogens (tertiary/aromatic N) is 3. The van der Waals surface area contributed by atoms with Crippen LogP contribution in [0.15, 0.2) is 58.6 Å². The molecule has 0 aliphatic carbocycles. The van der Waals surface area contributed by atoms with Crippen LogP contribution in [-0.2, 0) is 11.3 Å². The Morgan fingerprint density at radius 1 is 1.13 bits per heavy atom. The van der Waals surface area contributed by atoms with E-state index >= 15 is 0 Å². The van der Waals surface area contributed by atoms with Crippen molar-refractivity contribution in [2.45, 2.75) is 32.0 Å². The Morgan fingerprint density at radius 2 is 1.83 bits per heavy atom. The SMILES string of the molecule is CCCOc1ccc(/C=C(/Sc2nnc(-c3ccc(Cl)cc3)n2CC)C(=O)O)cc1. The Labute approximate surface area is 184 Å². The number of thioether (sulfide) groups is 1. The highest BCUT2D eigenvalue weighted by Crippen LogP contribution is 2.31. The molecule has 0 saturated heterocycles. The van der Waals surface area contributed by atoms with Crippen molar-refractivity contribution in [3.05, 3.63) is 64.0 Å². The summed E-state index contributed by atoms with van der Waals surface area (Å²) < 4.78 is 7.45. The molecule has 0 aliphatic heterocycles. The highest BCUT2D eigenvalue weighted by Gasteiger charge is 2.18. The lowest BCUT2D eigenvalue weighted by Gasteiger charge is -2.08. The first-order valence-corrected chi connectivity index (χ1v) is 10.8. The summed E-state index contributed by atoms with van der Waals surface area (Å²) in [5.41, 5.74) is 1.63. The number of benzene rings is 2. The largest absolute Gasteiger partial charge is 0.494 e. The molecule has 8 heteroatoms. The highest BCUT2D eigenvalue weighted by atomic mass is 35.5. The predicted molar refractivity (Wildman–Crippen MR) is 120 cm³/mol. The molecule has 2 aromatic carbocycles. The summed E-state index contributed by atoms with van der Waals surface area (Å²) in [6.07, 6.45) is 2.55. The van der Waals surface area contributed by atoms with Gasteiger partial charge in [-0.3, -0.25) is 0 Å². The first kappa shape index (κ1) is 21.9. The zero-order chi connectivity index (χ0) is 21.5. The molecule has 0 radical (unpaired) electrons. The molecule has 0 unspecified atom stereocenters. The van der Waals surface area contributed by atoms with Gasteiger partial charge >= 0.3 is 5.97 Å². The number of rotatable bonds is 9. The van der Waals surface area contributed by atoms with Gasteiger partial charge in [-0.1, -0.05) is 30.7 Å². The van der Waals surface area contributed by atoms with E-state index in [4.69, 9.17) is 16.3 Å². The molecule has 30 heavy (non-hydrogen) atoms. The fraction of sp³-hybridized carbons (Fsp3) is 0.227. The molecule has 0 bridgehead atoms. The second-order valence-electron chi connectivity index (χ2n) is 6.39. The number of carboxylic acid groups (broad SMARTS) is 1. The van der Waals surface area contributed by atoms with Crippen LogP contribution in [0.4, 0.5) is 0 Å². The van der Waals surface area contributed by atoms with Crippen molar-refractivity contribution < 1.29 is 14.6 Å². The Hall–Kier alpha value is -2.77. The van der Waals surface area contributed by atoms with Crippen molar-refractivity contribution in [3.8, 4) is 17.1 Å². The maximum Gasteiger partial charge on any atom is 0.342 e. The molecule has 1 N–H and O–H groups in total. The second-order valence-corrected chi connectivity index (χ2v) is 7.84. The summed E-state index contributed by atoms with van der Waals surface area (Å²) in [5, 5.41) is 19.3. The molecule has 0 amide bonds. The van der Waals surface area contributed by atoms with Crippen molar-refractivity contribution in [1.29, 1.82) is 0 Å². The van der Waals surface area contributed by atoms with Gasteiger partial charge in [-0.25, -0.2) is 4.79 Å². The first-order valence-electron chi connectivity index (χ1n) is 9.56. The molecule has 3 rings (SSSR count). The van der Waals surface area contributed by atoms with Gasteiger partial charge in [0, 0.05) is 17.1 Å². The van der Waals surface area contributed by atoms with Crippen LogP contribution in [0.1, 0.15) is 25.8 Å². The third-order valence-electron chi connectivity index (χ3n) is 4.20. The highest BCUT2D eigenvalue weighted by molar-refractivity contribution is 8.04. The molecule has 3 aromatic rings. The molecule has 0 atom stereocenters. The lowest BCUT2D eigenvalue weighted by Crippen LogP contribution is -2.02. The zero-order valence-corrected chi connectivity index (χ0v) is 18.3. The smallest absolute Gasteiger partial charge is 0.342 e. The monoisotopic (exact) mass is 443 g/mol. The fourth-order valence-corrected chi connectivity index (χ4v) is 3.74. The molecule has 1 heterocycles. The Morgan fingerprint density at radius 3 is 2.43 bits per heavy atom. The Balaban J connectivity index is 1.85. The van der Waals surface area contributed by atoms with E-state index in [2.05, 4.69) is 10.2 Å². The van der Waals surface area contributed by atoms with Crippen molar-refractivity contribution >= 4 is 35.4 Å². The summed E-state index contributed by atoms with van der Waals surface area (Å²) in [6.45, 7) is 5.25. The number of carbonyl (C=O) groups is 1. The average molecular weight is 444 g/mol. The van der Waals surface area contributed by atoms with Gasteiger partial charge in [0.05, 0.1) is 6.61 Å². The fourth-order valence-electron chi connectivity index (χ4n) is 2.73. The van der Waals surface area contributed by atoms with Gasteiger partial charge in [-0.05, 0) is 73.1 Å². The number of hydrogen-bond donors (Lipinski definition) is 1. The summed E-state index contributed by atoms with van der Waals surface area (Å²) in [7, 11) is 0. The predicted octanol–water partition coefficient (Wildman–Crippen LogP) is 5.63. The number of carboxylic acids is 1. The molecule has 6 nitrogen and oxygen atoms in total. The number of halogens is 1. The maximum atomic E-state index is 11.8. The zero-order valence-electron chi connectivity index (χ0n) is 16.7. The van der Waals surface area contributed by atoms with Gasteiger partial charge in [-0.15, -0.1) is 10.2 Å². The number of ether oxygens (including phenoxy) is 1. The van der Waals surface area contributed by atoms with E-state index in [9.17, 15) is 9.90 Å². The summed E-state index contributed by atoms with van der Waals surface area (Å²) in [6, 6.07) is 14.6. The Kier molecular flexibility index (Phi) is 7.54. The van der Waals surface area contributed by atoms with E-state index in [0.717, 1.165) is 35.1 Å². The maximum absolute atomic E-state index is 11.8. The molecule has 0 aliphatic rings. The molecule has 0 saturated carbocycles. The number of hydrogen-bond acceptors (Lipinski definition) is 5. The van der Waals surface area contributed by atoms with Gasteiger partial charge in [0.25, 0.3) is 0 Å². The third kappa shape index (κ3) is 5.43. The van der Waals surface area contributed by atoms with Gasteiger partial charge in [0.1, 0.15) is 10.7 Å².